The van der Waals surface area contributed by atoms with Gasteiger partial charge in [-0.05, 0) is 70.6 Å². The van der Waals surface area contributed by atoms with Crippen molar-refractivity contribution in [2.75, 3.05) is 34.2 Å². The SMILES string of the molecule is CN1CCC(N(C)[C@H]2CCCC[C@H]2N(C)C(=O)Cc2ccc(O)cc2)CC1. The second-order valence-electron chi connectivity index (χ2n) is 8.47. The van der Waals surface area contributed by atoms with Gasteiger partial charge in [0.15, 0.2) is 0 Å². The van der Waals surface area contributed by atoms with Gasteiger partial charge in [-0.3, -0.25) is 9.69 Å². The number of piperidine rings is 1. The van der Waals surface area contributed by atoms with Gasteiger partial charge in [0.1, 0.15) is 5.75 Å². The van der Waals surface area contributed by atoms with Crippen molar-refractivity contribution >= 4 is 5.91 Å². The first-order valence-corrected chi connectivity index (χ1v) is 10.4. The Kier molecular flexibility index (Phi) is 6.77. The van der Waals surface area contributed by atoms with E-state index in [2.05, 4.69) is 23.9 Å². The topological polar surface area (TPSA) is 47.0 Å². The number of aromatic hydroxyl groups is 1. The van der Waals surface area contributed by atoms with Gasteiger partial charge in [-0.15, -0.1) is 0 Å². The third-order valence-corrected chi connectivity index (χ3v) is 6.66. The van der Waals surface area contributed by atoms with Crippen LogP contribution in [0.4, 0.5) is 0 Å². The van der Waals surface area contributed by atoms with Gasteiger partial charge in [-0.25, -0.2) is 0 Å². The van der Waals surface area contributed by atoms with Crippen LogP contribution in [-0.2, 0) is 11.2 Å². The second kappa shape index (κ2) is 9.07. The van der Waals surface area contributed by atoms with Gasteiger partial charge in [0.2, 0.25) is 5.91 Å². The lowest BCUT2D eigenvalue weighted by Gasteiger charge is -2.46. The Bertz CT molecular complexity index is 610. The molecule has 1 aliphatic carbocycles. The summed E-state index contributed by atoms with van der Waals surface area (Å²) < 4.78 is 0. The van der Waals surface area contributed by atoms with E-state index in [1.165, 1.54) is 45.2 Å². The number of amides is 1. The van der Waals surface area contributed by atoms with Crippen LogP contribution < -0.4 is 0 Å². The molecule has 2 atom stereocenters. The van der Waals surface area contributed by atoms with Crippen molar-refractivity contribution in [2.24, 2.45) is 0 Å². The standard InChI is InChI=1S/C22H35N3O2/c1-23-14-12-18(13-15-23)24(2)20-6-4-5-7-21(20)25(3)22(27)16-17-8-10-19(26)11-9-17/h8-11,18,20-21,26H,4-7,12-16H2,1-3H3/t20-,21+/m0/s1. The molecular formula is C22H35N3O2. The molecule has 150 valence electrons. The molecule has 3 rings (SSSR count). The van der Waals surface area contributed by atoms with Crippen molar-refractivity contribution in [1.29, 1.82) is 0 Å². The van der Waals surface area contributed by atoms with Crippen molar-refractivity contribution in [2.45, 2.75) is 63.1 Å². The molecule has 5 nitrogen and oxygen atoms in total. The van der Waals surface area contributed by atoms with Crippen LogP contribution in [0.5, 0.6) is 5.75 Å². The molecule has 0 bridgehead atoms. The average molecular weight is 374 g/mol. The first kappa shape index (κ1) is 20.2. The maximum absolute atomic E-state index is 12.9. The first-order valence-electron chi connectivity index (χ1n) is 10.4. The summed E-state index contributed by atoms with van der Waals surface area (Å²) in [6, 6.07) is 8.37. The highest BCUT2D eigenvalue weighted by atomic mass is 16.3. The monoisotopic (exact) mass is 373 g/mol. The van der Waals surface area contributed by atoms with E-state index in [4.69, 9.17) is 0 Å². The van der Waals surface area contributed by atoms with Crippen LogP contribution >= 0.6 is 0 Å². The Morgan fingerprint density at radius 1 is 1.04 bits per heavy atom. The van der Waals surface area contributed by atoms with E-state index in [0.717, 1.165) is 12.0 Å². The van der Waals surface area contributed by atoms with Crippen molar-refractivity contribution in [3.8, 4) is 5.75 Å². The van der Waals surface area contributed by atoms with Crippen LogP contribution in [0.1, 0.15) is 44.1 Å². The Hall–Kier alpha value is -1.59. The summed E-state index contributed by atoms with van der Waals surface area (Å²) in [7, 11) is 6.46. The Morgan fingerprint density at radius 3 is 2.26 bits per heavy atom. The summed E-state index contributed by atoms with van der Waals surface area (Å²) >= 11 is 0. The largest absolute Gasteiger partial charge is 0.508 e. The molecule has 0 radical (unpaired) electrons. The zero-order chi connectivity index (χ0) is 19.4. The molecule has 1 aliphatic heterocycles. The fourth-order valence-corrected chi connectivity index (χ4v) is 4.79. The number of rotatable bonds is 5. The van der Waals surface area contributed by atoms with Crippen LogP contribution in [0.2, 0.25) is 0 Å². The summed E-state index contributed by atoms with van der Waals surface area (Å²) in [5.41, 5.74) is 0.959. The number of likely N-dealkylation sites (tertiary alicyclic amines) is 1. The maximum Gasteiger partial charge on any atom is 0.227 e. The molecule has 1 N–H and O–H groups in total. The van der Waals surface area contributed by atoms with E-state index in [0.29, 0.717) is 24.5 Å². The number of hydrogen-bond donors (Lipinski definition) is 1. The molecule has 5 heteroatoms. The summed E-state index contributed by atoms with van der Waals surface area (Å²) in [4.78, 5) is 19.9. The highest BCUT2D eigenvalue weighted by Gasteiger charge is 2.36. The van der Waals surface area contributed by atoms with E-state index in [9.17, 15) is 9.90 Å². The lowest BCUT2D eigenvalue weighted by molar-refractivity contribution is -0.133. The Balaban J connectivity index is 1.64. The molecular weight excluding hydrogens is 338 g/mol. The summed E-state index contributed by atoms with van der Waals surface area (Å²) in [6.45, 7) is 2.34. The molecule has 27 heavy (non-hydrogen) atoms. The minimum absolute atomic E-state index is 0.175. The Morgan fingerprint density at radius 2 is 1.63 bits per heavy atom. The molecule has 0 spiro atoms. The summed E-state index contributed by atoms with van der Waals surface area (Å²) in [5, 5.41) is 9.44. The van der Waals surface area contributed by atoms with E-state index >= 15 is 0 Å². The third kappa shape index (κ3) is 5.02. The number of carbonyl (C=O) groups is 1. The average Bonchev–Trinajstić information content (AvgIpc) is 2.69. The molecule has 1 saturated carbocycles. The zero-order valence-corrected chi connectivity index (χ0v) is 17.1. The minimum Gasteiger partial charge on any atom is -0.508 e. The normalized spacial score (nSPS) is 24.9. The van der Waals surface area contributed by atoms with Gasteiger partial charge in [-0.1, -0.05) is 25.0 Å². The van der Waals surface area contributed by atoms with E-state index < -0.39 is 0 Å². The first-order chi connectivity index (χ1) is 13.0. The molecule has 0 aromatic heterocycles. The molecule has 2 fully saturated rings. The fourth-order valence-electron chi connectivity index (χ4n) is 4.79. The van der Waals surface area contributed by atoms with Crippen molar-refractivity contribution in [1.82, 2.24) is 14.7 Å². The quantitative estimate of drug-likeness (QED) is 0.862. The van der Waals surface area contributed by atoms with Gasteiger partial charge in [0.25, 0.3) is 0 Å². The number of hydrogen-bond acceptors (Lipinski definition) is 4. The molecule has 1 saturated heterocycles. The van der Waals surface area contributed by atoms with Gasteiger partial charge in [0, 0.05) is 25.2 Å². The van der Waals surface area contributed by atoms with E-state index in [1.54, 1.807) is 12.1 Å². The van der Waals surface area contributed by atoms with Crippen molar-refractivity contribution < 1.29 is 9.90 Å². The van der Waals surface area contributed by atoms with E-state index in [-0.39, 0.29) is 11.7 Å². The molecule has 2 aliphatic rings. The number of benzene rings is 1. The van der Waals surface area contributed by atoms with Crippen LogP contribution in [0, 0.1) is 0 Å². The lowest BCUT2D eigenvalue weighted by atomic mass is 9.86. The number of likely N-dealkylation sites (N-methyl/N-ethyl adjacent to an activating group) is 2. The smallest absolute Gasteiger partial charge is 0.227 e. The van der Waals surface area contributed by atoms with Gasteiger partial charge in [0.05, 0.1) is 6.42 Å². The Labute approximate surface area is 163 Å². The molecule has 1 amide bonds. The van der Waals surface area contributed by atoms with Crippen LogP contribution in [0.3, 0.4) is 0 Å². The number of nitrogens with zero attached hydrogens (tertiary/aromatic N) is 3. The van der Waals surface area contributed by atoms with Crippen LogP contribution in [0.25, 0.3) is 0 Å². The number of phenols is 1. The predicted octanol–water partition coefficient (Wildman–Crippen LogP) is 2.73. The zero-order valence-electron chi connectivity index (χ0n) is 17.1. The lowest BCUT2D eigenvalue weighted by Crippen LogP contribution is -2.56. The molecule has 1 aromatic carbocycles. The molecule has 1 aromatic rings. The van der Waals surface area contributed by atoms with Crippen LogP contribution in [0.15, 0.2) is 24.3 Å². The third-order valence-electron chi connectivity index (χ3n) is 6.66. The number of phenolic OH excluding ortho intramolecular Hbond substituents is 1. The minimum atomic E-state index is 0.175. The van der Waals surface area contributed by atoms with Gasteiger partial charge < -0.3 is 14.9 Å². The molecule has 0 unspecified atom stereocenters. The van der Waals surface area contributed by atoms with E-state index in [1.807, 2.05) is 24.1 Å². The van der Waals surface area contributed by atoms with Crippen molar-refractivity contribution in [3.63, 3.8) is 0 Å². The van der Waals surface area contributed by atoms with Crippen molar-refractivity contribution in [3.05, 3.63) is 29.8 Å². The summed E-state index contributed by atoms with van der Waals surface area (Å²) in [5.74, 6) is 0.418. The molecule has 1 heterocycles. The highest BCUT2D eigenvalue weighted by Crippen LogP contribution is 2.29. The van der Waals surface area contributed by atoms with Gasteiger partial charge in [-0.2, -0.15) is 0 Å². The van der Waals surface area contributed by atoms with Crippen LogP contribution in [-0.4, -0.2) is 78.1 Å². The fraction of sp³-hybridized carbons (Fsp3) is 0.682. The predicted molar refractivity (Wildman–Crippen MR) is 109 cm³/mol. The summed E-state index contributed by atoms with van der Waals surface area (Å²) in [6.07, 6.45) is 7.60. The van der Waals surface area contributed by atoms with Gasteiger partial charge >= 0.3 is 0 Å². The maximum atomic E-state index is 12.9. The number of carbonyl (C=O) groups excluding carboxylic acids is 1. The highest BCUT2D eigenvalue weighted by molar-refractivity contribution is 5.79. The second-order valence-corrected chi connectivity index (χ2v) is 8.47.